The van der Waals surface area contributed by atoms with Gasteiger partial charge in [0, 0.05) is 9.13 Å². The summed E-state index contributed by atoms with van der Waals surface area (Å²) in [4.78, 5) is 9.86. The van der Waals surface area contributed by atoms with Gasteiger partial charge in [-0.05, 0) is 28.7 Å². The lowest BCUT2D eigenvalue weighted by atomic mass is 10.2. The minimum Gasteiger partial charge on any atom is -0.463 e. The van der Waals surface area contributed by atoms with Gasteiger partial charge < -0.3 is 4.74 Å². The van der Waals surface area contributed by atoms with Crippen LogP contribution in [0.2, 0.25) is 0 Å². The van der Waals surface area contributed by atoms with Gasteiger partial charge in [0.05, 0.1) is 0 Å². The molecule has 0 heterocycles. The molecule has 1 aromatic rings. The maximum Gasteiger partial charge on any atom is 0.293 e. The molecule has 0 aromatic heterocycles. The fourth-order valence-electron chi connectivity index (χ4n) is 0.739. The standard InChI is InChI=1S/C8H7IO2/c9-8-4-2-1-3-7(8)5-11-6-10/h1-4,6H,5H2. The molecule has 0 saturated heterocycles. The first-order valence-corrected chi connectivity index (χ1v) is 4.21. The second kappa shape index (κ2) is 4.33. The number of hydrogen-bond donors (Lipinski definition) is 0. The molecule has 1 aromatic carbocycles. The second-order valence-corrected chi connectivity index (χ2v) is 3.16. The summed E-state index contributed by atoms with van der Waals surface area (Å²) in [5, 5.41) is 0. The molecule has 0 spiro atoms. The zero-order valence-electron chi connectivity index (χ0n) is 5.79. The molecular weight excluding hydrogens is 255 g/mol. The van der Waals surface area contributed by atoms with E-state index in [1.54, 1.807) is 0 Å². The molecule has 0 fully saturated rings. The highest BCUT2D eigenvalue weighted by Crippen LogP contribution is 2.11. The highest BCUT2D eigenvalue weighted by atomic mass is 127. The maximum atomic E-state index is 9.86. The number of hydrogen-bond acceptors (Lipinski definition) is 2. The number of halogens is 1. The van der Waals surface area contributed by atoms with Crippen LogP contribution in [0.3, 0.4) is 0 Å². The van der Waals surface area contributed by atoms with Gasteiger partial charge in [-0.2, -0.15) is 0 Å². The predicted octanol–water partition coefficient (Wildman–Crippen LogP) is 1.96. The smallest absolute Gasteiger partial charge is 0.293 e. The van der Waals surface area contributed by atoms with Crippen molar-refractivity contribution < 1.29 is 9.53 Å². The molecule has 58 valence electrons. The Morgan fingerprint density at radius 3 is 2.82 bits per heavy atom. The van der Waals surface area contributed by atoms with Crippen LogP contribution < -0.4 is 0 Å². The number of ether oxygens (including phenoxy) is 1. The summed E-state index contributed by atoms with van der Waals surface area (Å²) >= 11 is 2.20. The monoisotopic (exact) mass is 262 g/mol. The van der Waals surface area contributed by atoms with Crippen LogP contribution >= 0.6 is 22.6 Å². The molecule has 0 aliphatic rings. The van der Waals surface area contributed by atoms with E-state index in [2.05, 4.69) is 27.3 Å². The van der Waals surface area contributed by atoms with Gasteiger partial charge in [-0.25, -0.2) is 0 Å². The first-order chi connectivity index (χ1) is 5.34. The summed E-state index contributed by atoms with van der Waals surface area (Å²) in [5.41, 5.74) is 1.04. The molecule has 0 saturated carbocycles. The Hall–Kier alpha value is -0.580. The van der Waals surface area contributed by atoms with E-state index >= 15 is 0 Å². The Kier molecular flexibility index (Phi) is 3.35. The van der Waals surface area contributed by atoms with E-state index in [1.165, 1.54) is 0 Å². The molecule has 0 N–H and O–H groups in total. The third-order valence-corrected chi connectivity index (χ3v) is 2.32. The van der Waals surface area contributed by atoms with Crippen LogP contribution in [0.4, 0.5) is 0 Å². The Morgan fingerprint density at radius 1 is 1.45 bits per heavy atom. The van der Waals surface area contributed by atoms with Gasteiger partial charge in [0.15, 0.2) is 0 Å². The van der Waals surface area contributed by atoms with Gasteiger partial charge in [0.1, 0.15) is 6.61 Å². The summed E-state index contributed by atoms with van der Waals surface area (Å²) in [6.45, 7) is 0.825. The van der Waals surface area contributed by atoms with Crippen LogP contribution in [0.25, 0.3) is 0 Å². The van der Waals surface area contributed by atoms with Crippen LogP contribution in [-0.4, -0.2) is 6.47 Å². The van der Waals surface area contributed by atoms with Crippen molar-refractivity contribution in [2.45, 2.75) is 6.61 Å². The largest absolute Gasteiger partial charge is 0.463 e. The summed E-state index contributed by atoms with van der Waals surface area (Å²) in [6, 6.07) is 7.78. The molecule has 0 atom stereocenters. The van der Waals surface area contributed by atoms with Gasteiger partial charge in [-0.1, -0.05) is 18.2 Å². The van der Waals surface area contributed by atoms with Crippen molar-refractivity contribution in [3.63, 3.8) is 0 Å². The Bertz CT molecular complexity index is 248. The molecule has 1 rings (SSSR count). The van der Waals surface area contributed by atoms with E-state index < -0.39 is 0 Å². The van der Waals surface area contributed by atoms with E-state index in [4.69, 9.17) is 0 Å². The first-order valence-electron chi connectivity index (χ1n) is 3.13. The average Bonchev–Trinajstić information content (AvgIpc) is 2.03. The summed E-state index contributed by atoms with van der Waals surface area (Å²) in [5.74, 6) is 0. The zero-order valence-corrected chi connectivity index (χ0v) is 7.95. The van der Waals surface area contributed by atoms with Crippen molar-refractivity contribution >= 4 is 29.1 Å². The average molecular weight is 262 g/mol. The summed E-state index contributed by atoms with van der Waals surface area (Å²) < 4.78 is 5.73. The van der Waals surface area contributed by atoms with Crippen molar-refractivity contribution in [2.75, 3.05) is 0 Å². The Balaban J connectivity index is 2.69. The molecule has 0 aliphatic carbocycles. The quantitative estimate of drug-likeness (QED) is 0.614. The minimum atomic E-state index is 0.364. The molecule has 2 nitrogen and oxygen atoms in total. The Morgan fingerprint density at radius 2 is 2.18 bits per heavy atom. The third-order valence-electron chi connectivity index (χ3n) is 1.26. The van der Waals surface area contributed by atoms with Crippen molar-refractivity contribution in [2.24, 2.45) is 0 Å². The normalized spacial score (nSPS) is 9.18. The predicted molar refractivity (Wildman–Crippen MR) is 50.0 cm³/mol. The van der Waals surface area contributed by atoms with Gasteiger partial charge in [-0.15, -0.1) is 0 Å². The number of benzene rings is 1. The van der Waals surface area contributed by atoms with Crippen molar-refractivity contribution in [1.82, 2.24) is 0 Å². The van der Waals surface area contributed by atoms with Crippen molar-refractivity contribution in [3.8, 4) is 0 Å². The highest BCUT2D eigenvalue weighted by molar-refractivity contribution is 14.1. The topological polar surface area (TPSA) is 26.3 Å². The van der Waals surface area contributed by atoms with E-state index in [-0.39, 0.29) is 0 Å². The van der Waals surface area contributed by atoms with Crippen LogP contribution in [0.1, 0.15) is 5.56 Å². The molecule has 11 heavy (non-hydrogen) atoms. The van der Waals surface area contributed by atoms with Gasteiger partial charge >= 0.3 is 0 Å². The lowest BCUT2D eigenvalue weighted by molar-refractivity contribution is -0.129. The van der Waals surface area contributed by atoms with E-state index in [9.17, 15) is 4.79 Å². The summed E-state index contributed by atoms with van der Waals surface area (Å²) in [7, 11) is 0. The fraction of sp³-hybridized carbons (Fsp3) is 0.125. The van der Waals surface area contributed by atoms with Crippen LogP contribution in [-0.2, 0) is 16.1 Å². The lowest BCUT2D eigenvalue weighted by Gasteiger charge is -2.00. The molecule has 0 radical (unpaired) electrons. The Labute approximate surface area is 78.7 Å². The molecule has 0 aliphatic heterocycles. The molecule has 0 bridgehead atoms. The first kappa shape index (κ1) is 8.52. The van der Waals surface area contributed by atoms with Gasteiger partial charge in [-0.3, -0.25) is 4.79 Å². The maximum absolute atomic E-state index is 9.86. The van der Waals surface area contributed by atoms with Crippen molar-refractivity contribution in [1.29, 1.82) is 0 Å². The third kappa shape index (κ3) is 2.49. The second-order valence-electron chi connectivity index (χ2n) is 2.00. The minimum absolute atomic E-state index is 0.364. The number of carbonyl (C=O) groups excluding carboxylic acids is 1. The van der Waals surface area contributed by atoms with Crippen molar-refractivity contribution in [3.05, 3.63) is 33.4 Å². The van der Waals surface area contributed by atoms with Crippen LogP contribution in [0, 0.1) is 3.57 Å². The number of rotatable bonds is 3. The number of carbonyl (C=O) groups is 1. The van der Waals surface area contributed by atoms with Crippen LogP contribution in [0.15, 0.2) is 24.3 Å². The summed E-state index contributed by atoms with van der Waals surface area (Å²) in [6.07, 6.45) is 0. The van der Waals surface area contributed by atoms with Gasteiger partial charge in [0.25, 0.3) is 6.47 Å². The zero-order chi connectivity index (χ0) is 8.10. The van der Waals surface area contributed by atoms with E-state index in [1.807, 2.05) is 24.3 Å². The molecular formula is C8H7IO2. The fourth-order valence-corrected chi connectivity index (χ4v) is 1.28. The highest BCUT2D eigenvalue weighted by Gasteiger charge is 1.96. The van der Waals surface area contributed by atoms with Crippen LogP contribution in [0.5, 0.6) is 0 Å². The van der Waals surface area contributed by atoms with E-state index in [0.29, 0.717) is 13.1 Å². The lowest BCUT2D eigenvalue weighted by Crippen LogP contribution is -1.92. The molecule has 3 heteroatoms. The molecule has 0 unspecified atom stereocenters. The molecule has 0 amide bonds. The van der Waals surface area contributed by atoms with Gasteiger partial charge in [0.2, 0.25) is 0 Å². The van der Waals surface area contributed by atoms with E-state index in [0.717, 1.165) is 9.13 Å². The SMILES string of the molecule is O=COCc1ccccc1I.